The van der Waals surface area contributed by atoms with Crippen LogP contribution < -0.4 is 19.8 Å². The third kappa shape index (κ3) is 6.07. The van der Waals surface area contributed by atoms with Gasteiger partial charge in [0.2, 0.25) is 10.0 Å². The lowest BCUT2D eigenvalue weighted by Crippen LogP contribution is -2.20. The molecule has 2 aliphatic rings. The van der Waals surface area contributed by atoms with Gasteiger partial charge in [-0.25, -0.2) is 13.4 Å². The Morgan fingerprint density at radius 2 is 1.80 bits per heavy atom. The lowest BCUT2D eigenvalue weighted by molar-refractivity contribution is 0.102. The molecule has 1 fully saturated rings. The van der Waals surface area contributed by atoms with Crippen molar-refractivity contribution < 1.29 is 17.9 Å². The molecule has 1 aliphatic carbocycles. The van der Waals surface area contributed by atoms with Crippen LogP contribution in [-0.4, -0.2) is 44.0 Å². The first kappa shape index (κ1) is 28.6. The van der Waals surface area contributed by atoms with Crippen molar-refractivity contribution in [3.05, 3.63) is 64.5 Å². The van der Waals surface area contributed by atoms with Crippen molar-refractivity contribution in [2.45, 2.75) is 65.0 Å². The molecule has 12 heteroatoms. The van der Waals surface area contributed by atoms with Gasteiger partial charge in [-0.05, 0) is 67.5 Å². The number of rotatable bonds is 8. The average Bonchev–Trinajstić information content (AvgIpc) is 3.48. The highest BCUT2D eigenvalue weighted by molar-refractivity contribution is 7.92. The number of amides is 1. The Morgan fingerprint density at radius 1 is 1.10 bits per heavy atom. The third-order valence-electron chi connectivity index (χ3n) is 7.43. The van der Waals surface area contributed by atoms with E-state index in [1.165, 1.54) is 7.11 Å². The molecule has 3 aromatic rings. The minimum Gasteiger partial charge on any atom is -0.492 e. The molecule has 1 aliphatic heterocycles. The number of carbonyl (C=O) groups excluding carboxylic acids is 1. The molecule has 1 aromatic heterocycles. The summed E-state index contributed by atoms with van der Waals surface area (Å²) in [6, 6.07) is 9.32. The van der Waals surface area contributed by atoms with Gasteiger partial charge in [0.05, 0.1) is 49.2 Å². The van der Waals surface area contributed by atoms with E-state index < -0.39 is 10.0 Å². The number of carbonyl (C=O) groups is 1. The van der Waals surface area contributed by atoms with Crippen molar-refractivity contribution in [2.75, 3.05) is 35.0 Å². The number of anilines is 3. The first-order valence-electron chi connectivity index (χ1n) is 13.6. The summed E-state index contributed by atoms with van der Waals surface area (Å²) in [5, 5.41) is 18.3. The molecule has 0 radical (unpaired) electrons. The van der Waals surface area contributed by atoms with Crippen molar-refractivity contribution in [3.63, 3.8) is 0 Å². The monoisotopic (exact) mass is 579 g/mol. The Labute approximate surface area is 241 Å². The summed E-state index contributed by atoms with van der Waals surface area (Å²) >= 11 is 0. The summed E-state index contributed by atoms with van der Waals surface area (Å²) in [6.45, 7) is 10.6. The van der Waals surface area contributed by atoms with E-state index >= 15 is 0 Å². The minimum absolute atomic E-state index is 0.135. The van der Waals surface area contributed by atoms with Gasteiger partial charge < -0.3 is 10.1 Å². The number of ether oxygens (including phenoxy) is 1. The molecule has 2 heterocycles. The number of nitrogens with zero attached hydrogens (tertiary/aromatic N) is 5. The SMILES string of the molecule is COc1c(NC(=O)c2ccc(C)c(N3CC(c4cnn(C5CC5)c4C)N=N3)c2)cc(C(C)(C)C)cc1NS(C)(=O)=O. The van der Waals surface area contributed by atoms with Gasteiger partial charge in [0, 0.05) is 16.8 Å². The summed E-state index contributed by atoms with van der Waals surface area (Å²) in [6.07, 6.45) is 5.29. The highest BCUT2D eigenvalue weighted by Crippen LogP contribution is 2.40. The van der Waals surface area contributed by atoms with Crippen LogP contribution in [0.25, 0.3) is 0 Å². The number of sulfonamides is 1. The zero-order valence-electron chi connectivity index (χ0n) is 24.5. The lowest BCUT2D eigenvalue weighted by Gasteiger charge is -2.24. The van der Waals surface area contributed by atoms with Crippen LogP contribution in [0, 0.1) is 13.8 Å². The van der Waals surface area contributed by atoms with Crippen LogP contribution >= 0.6 is 0 Å². The predicted octanol–water partition coefficient (Wildman–Crippen LogP) is 5.69. The normalized spacial score (nSPS) is 17.1. The zero-order valence-corrected chi connectivity index (χ0v) is 25.3. The Balaban J connectivity index is 1.40. The molecule has 11 nitrogen and oxygen atoms in total. The average molecular weight is 580 g/mol. The van der Waals surface area contributed by atoms with Gasteiger partial charge in [0.15, 0.2) is 5.75 Å². The molecule has 1 atom stereocenters. The maximum absolute atomic E-state index is 13.5. The highest BCUT2D eigenvalue weighted by atomic mass is 32.2. The van der Waals surface area contributed by atoms with Crippen LogP contribution in [0.5, 0.6) is 5.75 Å². The second-order valence-electron chi connectivity index (χ2n) is 11.8. The number of aromatic nitrogens is 2. The van der Waals surface area contributed by atoms with E-state index in [1.54, 1.807) is 18.2 Å². The molecule has 0 spiro atoms. The standard InChI is InChI=1S/C29H37N7O4S/c1-17-8-9-19(12-26(17)35-16-25(32-34-35)22-15-30-36(18(22)2)21-10-11-21)28(37)31-23-13-20(29(3,4)5)14-24(27(23)40-6)33-41(7,38)39/h8-9,12-15,21,25,33H,10-11,16H2,1-7H3,(H,31,37). The van der Waals surface area contributed by atoms with Crippen molar-refractivity contribution in [1.82, 2.24) is 9.78 Å². The van der Waals surface area contributed by atoms with Crippen molar-refractivity contribution >= 4 is 33.0 Å². The van der Waals surface area contributed by atoms with E-state index in [2.05, 4.69) is 37.1 Å². The maximum Gasteiger partial charge on any atom is 0.255 e. The summed E-state index contributed by atoms with van der Waals surface area (Å²) in [5.41, 5.74) is 5.48. The summed E-state index contributed by atoms with van der Waals surface area (Å²) in [4.78, 5) is 13.5. The highest BCUT2D eigenvalue weighted by Gasteiger charge is 2.31. The summed E-state index contributed by atoms with van der Waals surface area (Å²) in [7, 11) is -2.15. The maximum atomic E-state index is 13.5. The first-order valence-corrected chi connectivity index (χ1v) is 15.5. The molecule has 0 saturated heterocycles. The molecule has 1 amide bonds. The van der Waals surface area contributed by atoms with Crippen LogP contribution in [0.15, 0.2) is 46.9 Å². The quantitative estimate of drug-likeness (QED) is 0.352. The fourth-order valence-corrected chi connectivity index (χ4v) is 5.54. The van der Waals surface area contributed by atoms with E-state index in [4.69, 9.17) is 4.74 Å². The van der Waals surface area contributed by atoms with Crippen LogP contribution in [0.1, 0.15) is 78.4 Å². The Morgan fingerprint density at radius 3 is 2.44 bits per heavy atom. The van der Waals surface area contributed by atoms with Gasteiger partial charge in [-0.2, -0.15) is 10.2 Å². The molecule has 41 heavy (non-hydrogen) atoms. The smallest absolute Gasteiger partial charge is 0.255 e. The topological polar surface area (TPSA) is 130 Å². The Bertz CT molecular complexity index is 1640. The molecule has 1 saturated carbocycles. The minimum atomic E-state index is -3.59. The summed E-state index contributed by atoms with van der Waals surface area (Å²) in [5.74, 6) is -0.141. The van der Waals surface area contributed by atoms with E-state index in [1.807, 2.05) is 51.0 Å². The van der Waals surface area contributed by atoms with Gasteiger partial charge >= 0.3 is 0 Å². The van der Waals surface area contributed by atoms with Crippen LogP contribution in [0.3, 0.4) is 0 Å². The van der Waals surface area contributed by atoms with Crippen molar-refractivity contribution in [3.8, 4) is 5.75 Å². The number of hydrogen-bond acceptors (Lipinski definition) is 8. The second kappa shape index (κ2) is 10.5. The van der Waals surface area contributed by atoms with E-state index in [-0.39, 0.29) is 28.8 Å². The molecule has 218 valence electrons. The Hall–Kier alpha value is -3.93. The van der Waals surface area contributed by atoms with Crippen LogP contribution in [0.4, 0.5) is 17.1 Å². The molecule has 2 N–H and O–H groups in total. The fourth-order valence-electron chi connectivity index (χ4n) is 4.99. The number of hydrogen-bond donors (Lipinski definition) is 2. The van der Waals surface area contributed by atoms with E-state index in [9.17, 15) is 13.2 Å². The largest absolute Gasteiger partial charge is 0.492 e. The molecular weight excluding hydrogens is 542 g/mol. The number of benzene rings is 2. The zero-order chi connectivity index (χ0) is 29.7. The second-order valence-corrected chi connectivity index (χ2v) is 13.6. The van der Waals surface area contributed by atoms with Gasteiger partial charge in [-0.3, -0.25) is 14.2 Å². The first-order chi connectivity index (χ1) is 19.2. The molecule has 0 bridgehead atoms. The van der Waals surface area contributed by atoms with Crippen molar-refractivity contribution in [1.29, 1.82) is 0 Å². The fraction of sp³-hybridized carbons (Fsp3) is 0.448. The summed E-state index contributed by atoms with van der Waals surface area (Å²) < 4.78 is 34.3. The van der Waals surface area contributed by atoms with Gasteiger partial charge in [-0.1, -0.05) is 32.1 Å². The van der Waals surface area contributed by atoms with Crippen LogP contribution in [0.2, 0.25) is 0 Å². The molecule has 5 rings (SSSR count). The lowest BCUT2D eigenvalue weighted by atomic mass is 9.86. The number of methoxy groups -OCH3 is 1. The van der Waals surface area contributed by atoms with E-state index in [0.29, 0.717) is 23.8 Å². The number of aryl methyl sites for hydroxylation is 1. The third-order valence-corrected chi connectivity index (χ3v) is 8.02. The number of nitrogens with one attached hydrogen (secondary N) is 2. The Kier molecular flexibility index (Phi) is 7.31. The molecule has 1 unspecified atom stereocenters. The van der Waals surface area contributed by atoms with Gasteiger partial charge in [0.25, 0.3) is 5.91 Å². The van der Waals surface area contributed by atoms with Gasteiger partial charge in [0.1, 0.15) is 6.04 Å². The van der Waals surface area contributed by atoms with E-state index in [0.717, 1.165) is 47.2 Å². The van der Waals surface area contributed by atoms with Crippen LogP contribution in [-0.2, 0) is 15.4 Å². The molecule has 2 aromatic carbocycles. The van der Waals surface area contributed by atoms with Gasteiger partial charge in [-0.15, -0.1) is 0 Å². The molecular formula is C29H37N7O4S. The predicted molar refractivity (Wildman–Crippen MR) is 159 cm³/mol. The van der Waals surface area contributed by atoms with Crippen molar-refractivity contribution in [2.24, 2.45) is 10.3 Å².